The van der Waals surface area contributed by atoms with Crippen LogP contribution in [0.1, 0.15) is 13.3 Å². The summed E-state index contributed by atoms with van der Waals surface area (Å²) in [7, 11) is -4.05. The lowest BCUT2D eigenvalue weighted by atomic mass is 10.3. The number of nitrogens with one attached hydrogen (secondary N) is 1. The van der Waals surface area contributed by atoms with Crippen LogP contribution in [0.5, 0.6) is 0 Å². The van der Waals surface area contributed by atoms with Crippen LogP contribution in [0.25, 0.3) is 0 Å². The number of rotatable bonds is 4. The zero-order valence-electron chi connectivity index (χ0n) is 9.22. The Kier molecular flexibility index (Phi) is 3.97. The average molecular weight is 268 g/mol. The number of aromatic nitrogens is 1. The van der Waals surface area contributed by atoms with Gasteiger partial charge in [0.2, 0.25) is 5.82 Å². The molecule has 0 aliphatic carbocycles. The molecule has 0 amide bonds. The van der Waals surface area contributed by atoms with Crippen molar-refractivity contribution in [2.24, 2.45) is 0 Å². The normalized spacial score (nSPS) is 11.6. The number of anilines is 1. The highest BCUT2D eigenvalue weighted by Gasteiger charge is 2.25. The molecular weight excluding hydrogens is 257 g/mol. The predicted octanol–water partition coefficient (Wildman–Crippen LogP) is 1.72. The van der Waals surface area contributed by atoms with Crippen LogP contribution in [0.4, 0.5) is 18.9 Å². The number of pyridine rings is 1. The van der Waals surface area contributed by atoms with Gasteiger partial charge in [-0.05, 0) is 6.42 Å². The summed E-state index contributed by atoms with van der Waals surface area (Å²) in [6.45, 7) is 1.92. The minimum absolute atomic E-state index is 0.181. The molecule has 0 fully saturated rings. The van der Waals surface area contributed by atoms with Gasteiger partial charge in [-0.3, -0.25) is 0 Å². The Balaban J connectivity index is 3.43. The van der Waals surface area contributed by atoms with E-state index in [4.69, 9.17) is 0 Å². The van der Waals surface area contributed by atoms with Crippen LogP contribution < -0.4 is 5.32 Å². The van der Waals surface area contributed by atoms with Crippen LogP contribution in [0, 0.1) is 17.6 Å². The summed E-state index contributed by atoms with van der Waals surface area (Å²) in [6.07, 6.45) is 1.20. The van der Waals surface area contributed by atoms with Crippen LogP contribution in [0.3, 0.4) is 0 Å². The summed E-state index contributed by atoms with van der Waals surface area (Å²) < 4.78 is 62.1. The molecule has 4 nitrogen and oxygen atoms in total. The van der Waals surface area contributed by atoms with E-state index in [9.17, 15) is 21.6 Å². The van der Waals surface area contributed by atoms with Gasteiger partial charge in [-0.2, -0.15) is 8.78 Å². The lowest BCUT2D eigenvalue weighted by Crippen LogP contribution is -2.13. The molecule has 0 atom stereocenters. The first-order chi connectivity index (χ1) is 7.79. The predicted molar refractivity (Wildman–Crippen MR) is 56.0 cm³/mol. The highest BCUT2D eigenvalue weighted by Crippen LogP contribution is 2.25. The molecule has 1 heterocycles. The van der Waals surface area contributed by atoms with Crippen molar-refractivity contribution < 1.29 is 21.6 Å². The van der Waals surface area contributed by atoms with Crippen LogP contribution in [-0.4, -0.2) is 26.2 Å². The van der Waals surface area contributed by atoms with Crippen LogP contribution in [0.2, 0.25) is 0 Å². The number of hydrogen-bond acceptors (Lipinski definition) is 4. The monoisotopic (exact) mass is 268 g/mol. The molecule has 0 saturated heterocycles. The summed E-state index contributed by atoms with van der Waals surface area (Å²) in [5.41, 5.74) is -0.806. The van der Waals surface area contributed by atoms with Crippen LogP contribution in [-0.2, 0) is 9.84 Å². The summed E-state index contributed by atoms with van der Waals surface area (Å²) in [5.74, 6) is -4.58. The Labute approximate surface area is 96.8 Å². The van der Waals surface area contributed by atoms with E-state index in [0.29, 0.717) is 12.7 Å². The van der Waals surface area contributed by atoms with Gasteiger partial charge in [-0.15, -0.1) is 0 Å². The Bertz CT molecular complexity index is 532. The largest absolute Gasteiger partial charge is 0.380 e. The van der Waals surface area contributed by atoms with E-state index in [0.717, 1.165) is 0 Å². The van der Waals surface area contributed by atoms with Crippen molar-refractivity contribution in [2.75, 3.05) is 18.1 Å². The van der Waals surface area contributed by atoms with Crippen molar-refractivity contribution >= 4 is 15.5 Å². The second kappa shape index (κ2) is 4.91. The van der Waals surface area contributed by atoms with E-state index in [-0.39, 0.29) is 6.54 Å². The standard InChI is InChI=1S/C9H11F3N2O2S/c1-3-4-13-7-5(10)8(12)14-9(6(7)11)17(2,15)16/h3-4H2,1-2H3,(H,13,14). The average Bonchev–Trinajstić information content (AvgIpc) is 2.22. The first-order valence-corrected chi connectivity index (χ1v) is 6.66. The van der Waals surface area contributed by atoms with Gasteiger partial charge in [0.25, 0.3) is 5.95 Å². The van der Waals surface area contributed by atoms with Gasteiger partial charge < -0.3 is 5.32 Å². The number of hydrogen-bond donors (Lipinski definition) is 1. The number of halogens is 3. The van der Waals surface area contributed by atoms with Crippen molar-refractivity contribution in [3.63, 3.8) is 0 Å². The van der Waals surface area contributed by atoms with Crippen molar-refractivity contribution in [1.82, 2.24) is 4.98 Å². The fraction of sp³-hybridized carbons (Fsp3) is 0.444. The molecule has 17 heavy (non-hydrogen) atoms. The Morgan fingerprint density at radius 1 is 1.24 bits per heavy atom. The van der Waals surface area contributed by atoms with Gasteiger partial charge in [0.1, 0.15) is 5.69 Å². The van der Waals surface area contributed by atoms with Crippen molar-refractivity contribution in [2.45, 2.75) is 18.4 Å². The smallest absolute Gasteiger partial charge is 0.252 e. The van der Waals surface area contributed by atoms with Gasteiger partial charge in [0, 0.05) is 12.8 Å². The zero-order valence-corrected chi connectivity index (χ0v) is 10.0. The first-order valence-electron chi connectivity index (χ1n) is 4.77. The molecule has 96 valence electrons. The van der Waals surface area contributed by atoms with Gasteiger partial charge in [-0.1, -0.05) is 6.92 Å². The van der Waals surface area contributed by atoms with Crippen LogP contribution >= 0.6 is 0 Å². The Morgan fingerprint density at radius 3 is 2.29 bits per heavy atom. The maximum absolute atomic E-state index is 13.6. The van der Waals surface area contributed by atoms with E-state index >= 15 is 0 Å². The summed E-state index contributed by atoms with van der Waals surface area (Å²) in [5, 5.41) is 1.19. The molecule has 0 unspecified atom stereocenters. The molecule has 1 rings (SSSR count). The number of nitrogens with zero attached hydrogens (tertiary/aromatic N) is 1. The minimum Gasteiger partial charge on any atom is -0.380 e. The molecule has 0 aliphatic heterocycles. The van der Waals surface area contributed by atoms with E-state index in [2.05, 4.69) is 10.3 Å². The third kappa shape index (κ3) is 2.87. The number of sulfone groups is 1. The minimum atomic E-state index is -4.05. The molecule has 0 bridgehead atoms. The van der Waals surface area contributed by atoms with Gasteiger partial charge in [-0.25, -0.2) is 17.8 Å². The zero-order chi connectivity index (χ0) is 13.2. The summed E-state index contributed by atoms with van der Waals surface area (Å²) in [6, 6.07) is 0. The molecule has 0 spiro atoms. The quantitative estimate of drug-likeness (QED) is 0.845. The molecule has 0 radical (unpaired) electrons. The highest BCUT2D eigenvalue weighted by atomic mass is 32.2. The molecule has 1 aromatic rings. The van der Waals surface area contributed by atoms with Gasteiger partial charge >= 0.3 is 0 Å². The Hall–Kier alpha value is -1.31. The second-order valence-corrected chi connectivity index (χ2v) is 5.34. The first kappa shape index (κ1) is 13.8. The van der Waals surface area contributed by atoms with E-state index in [1.54, 1.807) is 6.92 Å². The lowest BCUT2D eigenvalue weighted by Gasteiger charge is -2.10. The fourth-order valence-corrected chi connectivity index (χ4v) is 1.82. The van der Waals surface area contributed by atoms with E-state index in [1.807, 2.05) is 0 Å². The lowest BCUT2D eigenvalue weighted by molar-refractivity contribution is 0.447. The second-order valence-electron chi connectivity index (χ2n) is 3.41. The fourth-order valence-electron chi connectivity index (χ4n) is 1.14. The molecule has 1 N–H and O–H groups in total. The van der Waals surface area contributed by atoms with Crippen molar-refractivity contribution in [1.29, 1.82) is 0 Å². The van der Waals surface area contributed by atoms with Crippen LogP contribution in [0.15, 0.2) is 5.03 Å². The third-order valence-electron chi connectivity index (χ3n) is 1.91. The molecular formula is C9H11F3N2O2S. The molecule has 0 saturated carbocycles. The summed E-state index contributed by atoms with van der Waals surface area (Å²) >= 11 is 0. The van der Waals surface area contributed by atoms with Crippen molar-refractivity contribution in [3.05, 3.63) is 17.6 Å². The van der Waals surface area contributed by atoms with Gasteiger partial charge in [0.15, 0.2) is 20.7 Å². The van der Waals surface area contributed by atoms with E-state index < -0.39 is 38.1 Å². The molecule has 1 aromatic heterocycles. The highest BCUT2D eigenvalue weighted by molar-refractivity contribution is 7.90. The van der Waals surface area contributed by atoms with E-state index in [1.165, 1.54) is 0 Å². The summed E-state index contributed by atoms with van der Waals surface area (Å²) in [4.78, 5) is 2.77. The van der Waals surface area contributed by atoms with Gasteiger partial charge in [0.05, 0.1) is 0 Å². The Morgan fingerprint density at radius 2 is 1.82 bits per heavy atom. The van der Waals surface area contributed by atoms with Crippen molar-refractivity contribution in [3.8, 4) is 0 Å². The molecule has 0 aromatic carbocycles. The maximum atomic E-state index is 13.6. The molecule has 0 aliphatic rings. The third-order valence-corrected chi connectivity index (χ3v) is 2.88. The SMILES string of the molecule is CCCNc1c(F)c(F)nc(S(C)(=O)=O)c1F. The maximum Gasteiger partial charge on any atom is 0.252 e. The molecule has 8 heteroatoms. The topological polar surface area (TPSA) is 59.1 Å².